The van der Waals surface area contributed by atoms with E-state index in [-0.39, 0.29) is 58.8 Å². The SMILES string of the molecule is CC.C\C=C/C=C(\C=C/C)n1nnc(-c2ccccc2)n1.[CH3-].[K+]. The van der Waals surface area contributed by atoms with E-state index in [1.807, 2.05) is 88.4 Å². The van der Waals surface area contributed by atoms with E-state index in [4.69, 9.17) is 0 Å². The molecule has 0 spiro atoms. The van der Waals surface area contributed by atoms with Gasteiger partial charge in [-0.15, -0.1) is 15.0 Å². The molecule has 1 aromatic carbocycles. The molecule has 0 radical (unpaired) electrons. The average molecular weight is 337 g/mol. The standard InChI is InChI=1S/C15H16N4.C2H6.CH3.K/c1-3-5-12-14(9-4-2)19-17-15(16-18-19)13-10-7-6-8-11-13;1-2;;/h3-12H,1-2H3;1-2H3;1H3;/q;;-1;+1/b5-3-,9-4-,14-12+;;;. The fraction of sp³-hybridized carbons (Fsp3) is 0.222. The van der Waals surface area contributed by atoms with Gasteiger partial charge in [0.05, 0.1) is 5.70 Å². The van der Waals surface area contributed by atoms with Crippen molar-refractivity contribution in [3.8, 4) is 11.4 Å². The van der Waals surface area contributed by atoms with Crippen LogP contribution in [0.1, 0.15) is 27.7 Å². The van der Waals surface area contributed by atoms with Crippen molar-refractivity contribution in [2.24, 2.45) is 0 Å². The molecule has 118 valence electrons. The van der Waals surface area contributed by atoms with Crippen LogP contribution in [0.3, 0.4) is 0 Å². The van der Waals surface area contributed by atoms with Gasteiger partial charge in [0.2, 0.25) is 5.82 Å². The summed E-state index contributed by atoms with van der Waals surface area (Å²) >= 11 is 0. The molecule has 0 aliphatic rings. The van der Waals surface area contributed by atoms with Crippen LogP contribution in [-0.2, 0) is 0 Å². The summed E-state index contributed by atoms with van der Waals surface area (Å²) in [5.74, 6) is 0.622. The van der Waals surface area contributed by atoms with Gasteiger partial charge in [0.25, 0.3) is 0 Å². The first-order chi connectivity index (χ1) is 10.3. The number of benzene rings is 1. The molecule has 0 amide bonds. The van der Waals surface area contributed by atoms with Crippen molar-refractivity contribution in [2.45, 2.75) is 27.7 Å². The molecule has 0 N–H and O–H groups in total. The van der Waals surface area contributed by atoms with Crippen LogP contribution in [0.5, 0.6) is 0 Å². The van der Waals surface area contributed by atoms with Crippen LogP contribution in [0.2, 0.25) is 0 Å². The van der Waals surface area contributed by atoms with Crippen LogP contribution in [0.25, 0.3) is 17.1 Å². The van der Waals surface area contributed by atoms with Gasteiger partial charge in [-0.3, -0.25) is 0 Å². The van der Waals surface area contributed by atoms with Crippen molar-refractivity contribution in [1.29, 1.82) is 0 Å². The summed E-state index contributed by atoms with van der Waals surface area (Å²) in [4.78, 5) is 1.53. The quantitative estimate of drug-likeness (QED) is 0.486. The molecule has 1 aromatic heterocycles. The number of aromatic nitrogens is 4. The molecule has 0 atom stereocenters. The Morgan fingerprint density at radius 1 is 1.04 bits per heavy atom. The molecule has 5 heteroatoms. The second-order valence-electron chi connectivity index (χ2n) is 3.89. The Balaban J connectivity index is 0. The largest absolute Gasteiger partial charge is 1.00 e. The van der Waals surface area contributed by atoms with Crippen LogP contribution in [0, 0.1) is 7.43 Å². The number of allylic oxidation sites excluding steroid dienone is 6. The van der Waals surface area contributed by atoms with Crippen LogP contribution < -0.4 is 51.4 Å². The van der Waals surface area contributed by atoms with Crippen molar-refractivity contribution >= 4 is 5.70 Å². The zero-order chi connectivity index (χ0) is 15.5. The summed E-state index contributed by atoms with van der Waals surface area (Å²) in [6.07, 6.45) is 9.73. The van der Waals surface area contributed by atoms with E-state index < -0.39 is 0 Å². The Morgan fingerprint density at radius 3 is 2.26 bits per heavy atom. The zero-order valence-electron chi connectivity index (χ0n) is 15.1. The molecule has 0 aliphatic heterocycles. The van der Waals surface area contributed by atoms with Gasteiger partial charge in [0, 0.05) is 5.56 Å². The third-order valence-corrected chi connectivity index (χ3v) is 2.47. The van der Waals surface area contributed by atoms with Crippen LogP contribution in [0.15, 0.2) is 60.7 Å². The summed E-state index contributed by atoms with van der Waals surface area (Å²) in [7, 11) is 0. The molecule has 0 aliphatic carbocycles. The molecule has 1 heterocycles. The Labute approximate surface area is 182 Å². The monoisotopic (exact) mass is 336 g/mol. The van der Waals surface area contributed by atoms with Gasteiger partial charge in [0.15, 0.2) is 0 Å². The minimum atomic E-state index is 0. The molecule has 2 aromatic rings. The van der Waals surface area contributed by atoms with Gasteiger partial charge in [-0.2, -0.15) is 0 Å². The Morgan fingerprint density at radius 2 is 1.70 bits per heavy atom. The predicted octanol–water partition coefficient (Wildman–Crippen LogP) is 1.81. The Hall–Kier alpha value is -0.854. The van der Waals surface area contributed by atoms with Gasteiger partial charge in [-0.25, -0.2) is 0 Å². The summed E-state index contributed by atoms with van der Waals surface area (Å²) in [5, 5.41) is 12.6. The number of nitrogens with zero attached hydrogens (tertiary/aromatic N) is 4. The first-order valence-corrected chi connectivity index (χ1v) is 7.16. The Bertz CT molecular complexity index is 613. The number of hydrogen-bond acceptors (Lipinski definition) is 3. The second-order valence-corrected chi connectivity index (χ2v) is 3.89. The van der Waals surface area contributed by atoms with E-state index in [0.717, 1.165) is 11.3 Å². The average Bonchev–Trinajstić information content (AvgIpc) is 3.04. The third-order valence-electron chi connectivity index (χ3n) is 2.47. The van der Waals surface area contributed by atoms with Crippen molar-refractivity contribution in [2.75, 3.05) is 0 Å². The second kappa shape index (κ2) is 14.7. The number of rotatable bonds is 4. The van der Waals surface area contributed by atoms with Gasteiger partial charge < -0.3 is 7.43 Å². The van der Waals surface area contributed by atoms with Crippen LogP contribution in [-0.4, -0.2) is 20.2 Å². The number of tetrazole rings is 1. The van der Waals surface area contributed by atoms with E-state index in [0.29, 0.717) is 5.82 Å². The summed E-state index contributed by atoms with van der Waals surface area (Å²) in [6, 6.07) is 9.81. The smallest absolute Gasteiger partial charge is 0.358 e. The van der Waals surface area contributed by atoms with E-state index in [1.165, 1.54) is 4.80 Å². The molecule has 23 heavy (non-hydrogen) atoms. The van der Waals surface area contributed by atoms with Gasteiger partial charge in [-0.1, -0.05) is 62.4 Å². The molecule has 0 unspecified atom stereocenters. The molecular formula is C18H25KN4. The topological polar surface area (TPSA) is 43.6 Å². The van der Waals surface area contributed by atoms with Gasteiger partial charge >= 0.3 is 51.4 Å². The van der Waals surface area contributed by atoms with E-state index in [2.05, 4.69) is 15.4 Å². The number of hydrogen-bond donors (Lipinski definition) is 0. The van der Waals surface area contributed by atoms with Crippen molar-refractivity contribution in [3.05, 3.63) is 68.1 Å². The molecule has 4 nitrogen and oxygen atoms in total. The maximum Gasteiger partial charge on any atom is 1.00 e. The molecule has 0 saturated heterocycles. The maximum absolute atomic E-state index is 4.39. The molecular weight excluding hydrogens is 311 g/mol. The normalized spacial score (nSPS) is 10.7. The van der Waals surface area contributed by atoms with Crippen LogP contribution >= 0.6 is 0 Å². The summed E-state index contributed by atoms with van der Waals surface area (Å²) in [6.45, 7) is 7.92. The van der Waals surface area contributed by atoms with Crippen molar-refractivity contribution in [3.63, 3.8) is 0 Å². The summed E-state index contributed by atoms with van der Waals surface area (Å²) < 4.78 is 0. The Kier molecular flexibility index (Phi) is 15.6. The first-order valence-electron chi connectivity index (χ1n) is 7.16. The van der Waals surface area contributed by atoms with E-state index >= 15 is 0 Å². The van der Waals surface area contributed by atoms with Gasteiger partial charge in [0.1, 0.15) is 0 Å². The zero-order valence-corrected chi connectivity index (χ0v) is 18.2. The third kappa shape index (κ3) is 7.99. The molecule has 0 bridgehead atoms. The van der Waals surface area contributed by atoms with E-state index in [1.54, 1.807) is 0 Å². The minimum Gasteiger partial charge on any atom is -0.358 e. The van der Waals surface area contributed by atoms with E-state index in [9.17, 15) is 0 Å². The fourth-order valence-electron chi connectivity index (χ4n) is 1.58. The van der Waals surface area contributed by atoms with Crippen molar-refractivity contribution < 1.29 is 51.4 Å². The maximum atomic E-state index is 4.39. The minimum absolute atomic E-state index is 0. The first kappa shape index (κ1) is 24.4. The molecule has 2 rings (SSSR count). The summed E-state index contributed by atoms with van der Waals surface area (Å²) in [5.41, 5.74) is 1.83. The van der Waals surface area contributed by atoms with Crippen LogP contribution in [0.4, 0.5) is 0 Å². The predicted molar refractivity (Wildman–Crippen MR) is 94.9 cm³/mol. The molecule has 0 fully saturated rings. The van der Waals surface area contributed by atoms with Gasteiger partial charge in [-0.05, 0) is 31.2 Å². The fourth-order valence-corrected chi connectivity index (χ4v) is 1.58. The van der Waals surface area contributed by atoms with Crippen molar-refractivity contribution in [1.82, 2.24) is 20.2 Å². The molecule has 0 saturated carbocycles.